The lowest BCUT2D eigenvalue weighted by Crippen LogP contribution is -2.58. The van der Waals surface area contributed by atoms with Crippen molar-refractivity contribution in [2.45, 2.75) is 96.8 Å². The maximum absolute atomic E-state index is 11.2. The van der Waals surface area contributed by atoms with E-state index in [1.54, 1.807) is 0 Å². The number of aliphatic hydroxyl groups excluding tert-OH is 2. The van der Waals surface area contributed by atoms with Gasteiger partial charge in [0.1, 0.15) is 0 Å². The fourth-order valence-electron chi connectivity index (χ4n) is 10.6. The van der Waals surface area contributed by atoms with Gasteiger partial charge in [-0.2, -0.15) is 0 Å². The fraction of sp³-hybridized carbons (Fsp3) is 1.00. The molecule has 2 N–H and O–H groups in total. The highest BCUT2D eigenvalue weighted by Gasteiger charge is 2.62. The summed E-state index contributed by atoms with van der Waals surface area (Å²) in [6, 6.07) is 0.853. The molecule has 0 bridgehead atoms. The summed E-state index contributed by atoms with van der Waals surface area (Å²) >= 11 is 0. The van der Waals surface area contributed by atoms with Crippen LogP contribution in [0.4, 0.5) is 0 Å². The normalized spacial score (nSPS) is 60.7. The number of rotatable bonds is 0. The van der Waals surface area contributed by atoms with Crippen LogP contribution in [-0.4, -0.2) is 46.5 Å². The summed E-state index contributed by atoms with van der Waals surface area (Å²) in [7, 11) is 0. The van der Waals surface area contributed by atoms with Crippen molar-refractivity contribution in [1.82, 2.24) is 4.90 Å². The van der Waals surface area contributed by atoms with E-state index in [0.29, 0.717) is 5.92 Å². The average Bonchev–Trinajstić information content (AvgIpc) is 3.09. The first-order chi connectivity index (χ1) is 14.4. The molecule has 0 spiro atoms. The Labute approximate surface area is 184 Å². The van der Waals surface area contributed by atoms with Crippen LogP contribution < -0.4 is 0 Å². The summed E-state index contributed by atoms with van der Waals surface area (Å²) in [5.74, 6) is 7.22. The van der Waals surface area contributed by atoms with E-state index >= 15 is 0 Å². The number of hydrogen-bond acceptors (Lipinski definition) is 3. The number of piperidine rings is 2. The van der Waals surface area contributed by atoms with Gasteiger partial charge in [-0.15, -0.1) is 0 Å². The van der Waals surface area contributed by atoms with Gasteiger partial charge < -0.3 is 10.2 Å². The Kier molecular flexibility index (Phi) is 4.91. The third-order valence-electron chi connectivity index (χ3n) is 12.0. The SMILES string of the molecule is C[C@@H]1CC[C@H]2[C@H](C)[C@H]3CC[C@H]4[C@@H](C[C@H]5[C@H]4C[C@H](O)[C@H]4C[C@@H](O)CC[C@@]45C)[C@@H]3CN2C1. The van der Waals surface area contributed by atoms with Crippen LogP contribution in [0.1, 0.15) is 78.6 Å². The van der Waals surface area contributed by atoms with Gasteiger partial charge in [0.05, 0.1) is 12.2 Å². The van der Waals surface area contributed by atoms with Crippen LogP contribution in [0, 0.1) is 58.7 Å². The molecule has 0 amide bonds. The minimum atomic E-state index is -0.181. The maximum atomic E-state index is 11.2. The lowest BCUT2D eigenvalue weighted by atomic mass is 9.51. The molecule has 13 atom stereocenters. The maximum Gasteiger partial charge on any atom is 0.0577 e. The van der Waals surface area contributed by atoms with Gasteiger partial charge >= 0.3 is 0 Å². The molecule has 3 nitrogen and oxygen atoms in total. The van der Waals surface area contributed by atoms with Gasteiger partial charge in [-0.1, -0.05) is 20.8 Å². The van der Waals surface area contributed by atoms with Crippen molar-refractivity contribution in [2.24, 2.45) is 58.7 Å². The van der Waals surface area contributed by atoms with E-state index in [9.17, 15) is 10.2 Å². The Balaban J connectivity index is 1.28. The molecular formula is C27H45NO2. The zero-order valence-electron chi connectivity index (χ0n) is 19.5. The van der Waals surface area contributed by atoms with Crippen molar-refractivity contribution in [3.8, 4) is 0 Å². The molecule has 0 unspecified atom stereocenters. The molecule has 0 aromatic rings. The molecule has 30 heavy (non-hydrogen) atoms. The van der Waals surface area contributed by atoms with E-state index in [-0.39, 0.29) is 17.6 Å². The monoisotopic (exact) mass is 415 g/mol. The van der Waals surface area contributed by atoms with Gasteiger partial charge in [-0.05, 0) is 116 Å². The van der Waals surface area contributed by atoms with Crippen molar-refractivity contribution in [1.29, 1.82) is 0 Å². The van der Waals surface area contributed by atoms with Crippen LogP contribution in [0.3, 0.4) is 0 Å². The van der Waals surface area contributed by atoms with Gasteiger partial charge in [0.2, 0.25) is 0 Å². The molecule has 6 aliphatic rings. The minimum absolute atomic E-state index is 0.180. The summed E-state index contributed by atoms with van der Waals surface area (Å²) in [6.45, 7) is 10.3. The Morgan fingerprint density at radius 1 is 0.733 bits per heavy atom. The molecule has 0 aromatic carbocycles. The second kappa shape index (κ2) is 7.19. The first-order valence-electron chi connectivity index (χ1n) is 13.5. The zero-order chi connectivity index (χ0) is 20.8. The molecule has 2 aliphatic heterocycles. The molecular weight excluding hydrogens is 370 g/mol. The third-order valence-corrected chi connectivity index (χ3v) is 12.0. The van der Waals surface area contributed by atoms with Gasteiger partial charge in [0.15, 0.2) is 0 Å². The standard InChI is InChI=1S/C27H45NO2/c1-15-4-7-25-16(2)18-5-6-19-20(22(18)14-28(25)13-15)11-23-21(19)12-26(30)24-10-17(29)8-9-27(23,24)3/h15-26,29-30H,4-14H2,1-3H3/t15-,16-,17+,18-,19+,20-,21+,22-,23+,24-,25+,26+,27-/m1/s1. The van der Waals surface area contributed by atoms with E-state index < -0.39 is 0 Å². The molecule has 6 rings (SSSR count). The van der Waals surface area contributed by atoms with Crippen LogP contribution in [-0.2, 0) is 0 Å². The predicted molar refractivity (Wildman–Crippen MR) is 120 cm³/mol. The zero-order valence-corrected chi connectivity index (χ0v) is 19.5. The highest BCUT2D eigenvalue weighted by atomic mass is 16.3. The Morgan fingerprint density at radius 3 is 2.37 bits per heavy atom. The fourth-order valence-corrected chi connectivity index (χ4v) is 10.6. The Hall–Kier alpha value is -0.120. The number of aliphatic hydroxyl groups is 2. The first kappa shape index (κ1) is 20.5. The average molecular weight is 416 g/mol. The van der Waals surface area contributed by atoms with Gasteiger partial charge in [-0.25, -0.2) is 0 Å². The van der Waals surface area contributed by atoms with E-state index in [1.165, 1.54) is 45.2 Å². The molecule has 6 fully saturated rings. The quantitative estimate of drug-likeness (QED) is 0.609. The van der Waals surface area contributed by atoms with E-state index in [1.807, 2.05) is 0 Å². The van der Waals surface area contributed by atoms with Crippen LogP contribution >= 0.6 is 0 Å². The van der Waals surface area contributed by atoms with Gasteiger partial charge in [-0.3, -0.25) is 4.90 Å². The highest BCUT2D eigenvalue weighted by molar-refractivity contribution is 5.12. The second-order valence-corrected chi connectivity index (χ2v) is 13.1. The van der Waals surface area contributed by atoms with Gasteiger partial charge in [0.25, 0.3) is 0 Å². The molecule has 3 heteroatoms. The lowest BCUT2D eigenvalue weighted by molar-refractivity contribution is -0.130. The summed E-state index contributed by atoms with van der Waals surface area (Å²) in [5.41, 5.74) is 0.261. The first-order valence-corrected chi connectivity index (χ1v) is 13.5. The molecule has 4 aliphatic carbocycles. The molecule has 2 heterocycles. The third kappa shape index (κ3) is 2.86. The molecule has 0 radical (unpaired) electrons. The van der Waals surface area contributed by atoms with E-state index in [4.69, 9.17) is 0 Å². The van der Waals surface area contributed by atoms with Crippen molar-refractivity contribution in [2.75, 3.05) is 13.1 Å². The number of hydrogen-bond donors (Lipinski definition) is 2. The molecule has 4 saturated carbocycles. The Bertz CT molecular complexity index is 665. The summed E-state index contributed by atoms with van der Waals surface area (Å²) in [6.07, 6.45) is 10.7. The smallest absolute Gasteiger partial charge is 0.0577 e. The number of nitrogens with zero attached hydrogens (tertiary/aromatic N) is 1. The van der Waals surface area contributed by atoms with Crippen molar-refractivity contribution in [3.05, 3.63) is 0 Å². The van der Waals surface area contributed by atoms with Crippen LogP contribution in [0.5, 0.6) is 0 Å². The Morgan fingerprint density at radius 2 is 1.53 bits per heavy atom. The second-order valence-electron chi connectivity index (χ2n) is 13.1. The van der Waals surface area contributed by atoms with Crippen LogP contribution in [0.25, 0.3) is 0 Å². The highest BCUT2D eigenvalue weighted by Crippen LogP contribution is 2.67. The predicted octanol–water partition coefficient (Wildman–Crippen LogP) is 4.56. The summed E-state index contributed by atoms with van der Waals surface area (Å²) in [4.78, 5) is 2.92. The molecule has 0 aromatic heterocycles. The van der Waals surface area contributed by atoms with E-state index in [2.05, 4.69) is 25.7 Å². The van der Waals surface area contributed by atoms with Crippen LogP contribution in [0.2, 0.25) is 0 Å². The lowest BCUT2D eigenvalue weighted by Gasteiger charge is -2.56. The largest absolute Gasteiger partial charge is 0.393 e. The van der Waals surface area contributed by atoms with Crippen LogP contribution in [0.15, 0.2) is 0 Å². The number of fused-ring (bicyclic) bond motifs is 8. The topological polar surface area (TPSA) is 43.7 Å². The van der Waals surface area contributed by atoms with Crippen molar-refractivity contribution >= 4 is 0 Å². The summed E-state index contributed by atoms with van der Waals surface area (Å²) < 4.78 is 0. The van der Waals surface area contributed by atoms with E-state index in [0.717, 1.165) is 79.1 Å². The van der Waals surface area contributed by atoms with Crippen molar-refractivity contribution < 1.29 is 10.2 Å². The van der Waals surface area contributed by atoms with Crippen molar-refractivity contribution in [3.63, 3.8) is 0 Å². The van der Waals surface area contributed by atoms with Gasteiger partial charge in [0, 0.05) is 19.1 Å². The minimum Gasteiger partial charge on any atom is -0.393 e. The molecule has 2 saturated heterocycles. The molecule has 170 valence electrons. The summed E-state index contributed by atoms with van der Waals surface area (Å²) in [5, 5.41) is 21.5.